The third kappa shape index (κ3) is 5.74. The Bertz CT molecular complexity index is 1440. The van der Waals surface area contributed by atoms with Crippen LogP contribution in [0.3, 0.4) is 0 Å². The highest BCUT2D eigenvalue weighted by Crippen LogP contribution is 2.44. The number of fused-ring (bicyclic) bond motifs is 4. The van der Waals surface area contributed by atoms with E-state index in [1.165, 1.54) is 12.1 Å². The number of ether oxygens (including phenoxy) is 3. The first-order valence-corrected chi connectivity index (χ1v) is 13.6. The highest BCUT2D eigenvalue weighted by molar-refractivity contribution is 6.33. The molecule has 0 saturated carbocycles. The molecule has 1 aromatic carbocycles. The predicted octanol–water partition coefficient (Wildman–Crippen LogP) is 5.13. The van der Waals surface area contributed by atoms with Crippen LogP contribution in [0.15, 0.2) is 48.7 Å². The van der Waals surface area contributed by atoms with Crippen LogP contribution in [0.1, 0.15) is 25.8 Å². The van der Waals surface area contributed by atoms with Crippen molar-refractivity contribution < 1.29 is 32.5 Å². The number of aliphatic hydroxyl groups is 1. The fourth-order valence-corrected chi connectivity index (χ4v) is 5.69. The van der Waals surface area contributed by atoms with Crippen LogP contribution in [0.25, 0.3) is 11.3 Å². The lowest BCUT2D eigenvalue weighted by Gasteiger charge is -2.40. The Morgan fingerprint density at radius 3 is 2.83 bits per heavy atom. The molecule has 9 nitrogen and oxygen atoms in total. The Morgan fingerprint density at radius 1 is 1.24 bits per heavy atom. The van der Waals surface area contributed by atoms with E-state index in [0.717, 1.165) is 25.1 Å². The first kappa shape index (κ1) is 27.8. The average Bonchev–Trinajstić information content (AvgIpc) is 3.50. The molecular weight excluding hydrogens is 563 g/mol. The molecule has 3 aliphatic rings. The number of anilines is 3. The van der Waals surface area contributed by atoms with Gasteiger partial charge in [-0.2, -0.15) is 13.2 Å². The van der Waals surface area contributed by atoms with Crippen molar-refractivity contribution in [1.82, 2.24) is 9.97 Å². The summed E-state index contributed by atoms with van der Waals surface area (Å²) < 4.78 is 57.3. The summed E-state index contributed by atoms with van der Waals surface area (Å²) in [5, 5.41) is 14.7. The van der Waals surface area contributed by atoms with Crippen LogP contribution >= 0.6 is 11.6 Å². The molecule has 0 amide bonds. The van der Waals surface area contributed by atoms with E-state index >= 15 is 0 Å². The Balaban J connectivity index is 1.24. The zero-order valence-electron chi connectivity index (χ0n) is 22.4. The minimum atomic E-state index is -4.50. The first-order valence-electron chi connectivity index (χ1n) is 13.2. The number of pyridine rings is 2. The van der Waals surface area contributed by atoms with E-state index in [9.17, 15) is 18.3 Å². The third-order valence-corrected chi connectivity index (χ3v) is 7.61. The second kappa shape index (κ2) is 10.5. The van der Waals surface area contributed by atoms with Crippen molar-refractivity contribution in [3.8, 4) is 17.1 Å². The Morgan fingerprint density at radius 2 is 2.07 bits per heavy atom. The van der Waals surface area contributed by atoms with Gasteiger partial charge >= 0.3 is 6.18 Å². The van der Waals surface area contributed by atoms with Crippen LogP contribution in [-0.4, -0.2) is 65.7 Å². The lowest BCUT2D eigenvalue weighted by atomic mass is 10.1. The van der Waals surface area contributed by atoms with Crippen LogP contribution in [-0.2, 0) is 15.7 Å². The van der Waals surface area contributed by atoms with Gasteiger partial charge in [0.05, 0.1) is 34.6 Å². The Hall–Kier alpha value is -3.32. The number of hydrogen-bond donors (Lipinski definition) is 2. The molecule has 6 rings (SSSR count). The molecule has 3 aromatic rings. The molecule has 5 heterocycles. The molecule has 2 N–H and O–H groups in total. The van der Waals surface area contributed by atoms with Crippen molar-refractivity contribution in [1.29, 1.82) is 0 Å². The van der Waals surface area contributed by atoms with Crippen molar-refractivity contribution >= 4 is 28.8 Å². The van der Waals surface area contributed by atoms with Crippen LogP contribution in [0.4, 0.5) is 30.4 Å². The van der Waals surface area contributed by atoms with Gasteiger partial charge in [-0.25, -0.2) is 9.97 Å². The van der Waals surface area contributed by atoms with Gasteiger partial charge in [0, 0.05) is 36.6 Å². The molecule has 2 saturated heterocycles. The van der Waals surface area contributed by atoms with Gasteiger partial charge in [0.1, 0.15) is 12.7 Å². The number of aliphatic hydroxyl groups excluding tert-OH is 1. The average molecular weight is 592 g/mol. The van der Waals surface area contributed by atoms with Gasteiger partial charge in [-0.1, -0.05) is 23.7 Å². The molecule has 41 heavy (non-hydrogen) atoms. The quantitative estimate of drug-likeness (QED) is 0.363. The maximum absolute atomic E-state index is 13.4. The summed E-state index contributed by atoms with van der Waals surface area (Å²) >= 11 is 6.56. The molecule has 1 unspecified atom stereocenters. The molecule has 0 spiro atoms. The zero-order chi connectivity index (χ0) is 28.9. The molecule has 2 bridgehead atoms. The van der Waals surface area contributed by atoms with Crippen molar-refractivity contribution in [3.63, 3.8) is 0 Å². The van der Waals surface area contributed by atoms with Crippen LogP contribution < -0.4 is 19.9 Å². The van der Waals surface area contributed by atoms with E-state index in [-0.39, 0.29) is 35.0 Å². The standard InChI is InChI=1S/C28H29ClF3N5O4/c1-27(2)40-15-20(41-27)14-39-23-11-18(6-8-33-23)34-26(38)37-19-7-9-36(13-19)22-12-21(29)24(35-25(22)37)16-4-3-5-17(10-16)28(30,31)32/h3-6,8,10-12,19-20,26,38H,7,9,13-15H2,1-2H3,(H,33,34)/t19-,20-,26?/m0/s1. The molecule has 218 valence electrons. The summed E-state index contributed by atoms with van der Waals surface area (Å²) in [6, 6.07) is 9.89. The number of hydrogen-bond acceptors (Lipinski definition) is 9. The number of rotatable bonds is 7. The minimum Gasteiger partial charge on any atom is -0.475 e. The summed E-state index contributed by atoms with van der Waals surface area (Å²) in [5.41, 5.74) is 0.914. The van der Waals surface area contributed by atoms with Gasteiger partial charge in [-0.3, -0.25) is 0 Å². The van der Waals surface area contributed by atoms with E-state index < -0.39 is 23.9 Å². The number of aromatic nitrogens is 2. The topological polar surface area (TPSA) is 92.2 Å². The maximum atomic E-state index is 13.4. The second-order valence-electron chi connectivity index (χ2n) is 10.7. The largest absolute Gasteiger partial charge is 0.475 e. The highest BCUT2D eigenvalue weighted by atomic mass is 35.5. The molecule has 2 fully saturated rings. The van der Waals surface area contributed by atoms with Gasteiger partial charge in [0.2, 0.25) is 12.2 Å². The van der Waals surface area contributed by atoms with E-state index in [1.54, 1.807) is 29.3 Å². The maximum Gasteiger partial charge on any atom is 0.416 e. The Labute approximate surface area is 239 Å². The van der Waals surface area contributed by atoms with Gasteiger partial charge < -0.3 is 34.4 Å². The smallest absolute Gasteiger partial charge is 0.416 e. The molecular formula is C28H29ClF3N5O4. The molecule has 0 radical (unpaired) electrons. The number of nitrogens with zero attached hydrogens (tertiary/aromatic N) is 4. The summed E-state index contributed by atoms with van der Waals surface area (Å²) in [6.07, 6.45) is -3.62. The summed E-state index contributed by atoms with van der Waals surface area (Å²) in [5.74, 6) is 0.120. The SMILES string of the molecule is CC1(C)OC[C@H](COc2cc(NC(O)N3c4nc(-c5cccc(C(F)(F)F)c5)c(Cl)cc4N4CC[C@H]3C4)ccn2)O1. The van der Waals surface area contributed by atoms with E-state index in [0.29, 0.717) is 36.2 Å². The highest BCUT2D eigenvalue weighted by Gasteiger charge is 2.41. The van der Waals surface area contributed by atoms with Gasteiger partial charge in [0.15, 0.2) is 11.6 Å². The lowest BCUT2D eigenvalue weighted by molar-refractivity contribution is -0.141. The van der Waals surface area contributed by atoms with E-state index in [2.05, 4.69) is 15.2 Å². The Kier molecular flexibility index (Phi) is 7.13. The molecule has 3 atom stereocenters. The molecule has 2 aromatic heterocycles. The summed E-state index contributed by atoms with van der Waals surface area (Å²) in [6.45, 7) is 5.73. The lowest BCUT2D eigenvalue weighted by Crippen LogP contribution is -2.51. The first-order chi connectivity index (χ1) is 19.5. The third-order valence-electron chi connectivity index (χ3n) is 7.32. The normalized spacial score (nSPS) is 22.0. The fourth-order valence-electron chi connectivity index (χ4n) is 5.43. The fraction of sp³-hybridized carbons (Fsp3) is 0.429. The second-order valence-corrected chi connectivity index (χ2v) is 11.1. The number of nitrogens with one attached hydrogen (secondary N) is 1. The number of halogens is 4. The number of alkyl halides is 3. The van der Waals surface area contributed by atoms with Crippen molar-refractivity contribution in [3.05, 3.63) is 59.2 Å². The van der Waals surface area contributed by atoms with Crippen LogP contribution in [0, 0.1) is 0 Å². The summed E-state index contributed by atoms with van der Waals surface area (Å²) in [4.78, 5) is 12.8. The van der Waals surface area contributed by atoms with Crippen LogP contribution in [0.2, 0.25) is 5.02 Å². The molecule has 0 aliphatic carbocycles. The van der Waals surface area contributed by atoms with Crippen LogP contribution in [0.5, 0.6) is 5.88 Å². The van der Waals surface area contributed by atoms with E-state index in [4.69, 9.17) is 30.8 Å². The van der Waals surface area contributed by atoms with Gasteiger partial charge in [-0.15, -0.1) is 0 Å². The van der Waals surface area contributed by atoms with Gasteiger partial charge in [0.25, 0.3) is 0 Å². The molecule has 3 aliphatic heterocycles. The summed E-state index contributed by atoms with van der Waals surface area (Å²) in [7, 11) is 0. The van der Waals surface area contributed by atoms with Gasteiger partial charge in [-0.05, 0) is 44.5 Å². The predicted molar refractivity (Wildman–Crippen MR) is 147 cm³/mol. The zero-order valence-corrected chi connectivity index (χ0v) is 23.1. The van der Waals surface area contributed by atoms with Crippen molar-refractivity contribution in [2.45, 2.75) is 50.7 Å². The van der Waals surface area contributed by atoms with Crippen molar-refractivity contribution in [2.75, 3.05) is 41.4 Å². The van der Waals surface area contributed by atoms with E-state index in [1.807, 2.05) is 13.8 Å². The molecule has 13 heteroatoms. The number of benzene rings is 1. The van der Waals surface area contributed by atoms with Crippen molar-refractivity contribution in [2.24, 2.45) is 0 Å². The monoisotopic (exact) mass is 591 g/mol. The minimum absolute atomic E-state index is 0.0755.